The molecule has 1 N–H and O–H groups in total. The Bertz CT molecular complexity index is 638. The zero-order valence-electron chi connectivity index (χ0n) is 11.4. The number of hydrogen-bond donors (Lipinski definition) is 1. The molecule has 2 bridgehead atoms. The van der Waals surface area contributed by atoms with Gasteiger partial charge in [0.15, 0.2) is 0 Å². The third-order valence-electron chi connectivity index (χ3n) is 4.70. The third kappa shape index (κ3) is 1.86. The molecule has 3 heterocycles. The topological polar surface area (TPSA) is 34.4 Å². The van der Waals surface area contributed by atoms with E-state index in [9.17, 15) is 4.39 Å². The van der Waals surface area contributed by atoms with E-state index in [-0.39, 0.29) is 11.9 Å². The van der Waals surface area contributed by atoms with Crippen LogP contribution in [-0.2, 0) is 4.74 Å². The molecule has 0 saturated carbocycles. The molecule has 4 atom stereocenters. The van der Waals surface area contributed by atoms with Crippen LogP contribution in [0.4, 0.5) is 4.39 Å². The zero-order chi connectivity index (χ0) is 13.7. The van der Waals surface area contributed by atoms with Crippen LogP contribution < -0.4 is 5.32 Å². The van der Waals surface area contributed by atoms with Gasteiger partial charge in [-0.05, 0) is 50.6 Å². The van der Waals surface area contributed by atoms with Gasteiger partial charge in [-0.25, -0.2) is 4.39 Å². The minimum atomic E-state index is -0.228. The van der Waals surface area contributed by atoms with Crippen molar-refractivity contribution >= 4 is 11.0 Å². The van der Waals surface area contributed by atoms with Gasteiger partial charge in [-0.3, -0.25) is 0 Å². The smallest absolute Gasteiger partial charge is 0.134 e. The molecule has 20 heavy (non-hydrogen) atoms. The summed E-state index contributed by atoms with van der Waals surface area (Å²) in [7, 11) is 1.95. The van der Waals surface area contributed by atoms with Crippen LogP contribution in [0.2, 0.25) is 0 Å². The van der Waals surface area contributed by atoms with Crippen molar-refractivity contribution in [3.63, 3.8) is 0 Å². The van der Waals surface area contributed by atoms with Crippen molar-refractivity contribution < 1.29 is 13.5 Å². The fraction of sp³-hybridized carbons (Fsp3) is 0.500. The summed E-state index contributed by atoms with van der Waals surface area (Å²) in [5.74, 6) is 1.10. The largest absolute Gasteiger partial charge is 0.459 e. The molecular weight excluding hydrogens is 257 g/mol. The molecule has 2 aromatic rings. The van der Waals surface area contributed by atoms with Crippen molar-refractivity contribution in [2.45, 2.75) is 37.5 Å². The highest BCUT2D eigenvalue weighted by molar-refractivity contribution is 5.78. The molecule has 0 spiro atoms. The molecule has 1 aromatic carbocycles. The molecule has 2 aliphatic heterocycles. The Morgan fingerprint density at radius 2 is 2.20 bits per heavy atom. The monoisotopic (exact) mass is 275 g/mol. The minimum absolute atomic E-state index is 0.140. The Morgan fingerprint density at radius 1 is 1.30 bits per heavy atom. The lowest BCUT2D eigenvalue weighted by Gasteiger charge is -2.26. The van der Waals surface area contributed by atoms with E-state index in [1.165, 1.54) is 18.6 Å². The van der Waals surface area contributed by atoms with E-state index in [2.05, 4.69) is 5.32 Å². The highest BCUT2D eigenvalue weighted by Gasteiger charge is 2.45. The van der Waals surface area contributed by atoms with E-state index in [4.69, 9.17) is 9.15 Å². The molecule has 3 nitrogen and oxygen atoms in total. The van der Waals surface area contributed by atoms with Crippen molar-refractivity contribution in [2.75, 3.05) is 7.05 Å². The van der Waals surface area contributed by atoms with E-state index in [1.54, 1.807) is 6.07 Å². The first-order valence-corrected chi connectivity index (χ1v) is 7.26. The standard InChI is InChI=1S/C16H18FNO2/c1-18-16(12-8-11-3-5-14(12)19-11)15-7-9-6-10(17)2-4-13(9)20-15/h2,4,6-7,11-12,14,16,18H,3,5,8H2,1H3. The second-order valence-corrected chi connectivity index (χ2v) is 5.87. The van der Waals surface area contributed by atoms with E-state index in [0.29, 0.717) is 18.1 Å². The van der Waals surface area contributed by atoms with Gasteiger partial charge < -0.3 is 14.5 Å². The Labute approximate surface area is 117 Å². The maximum absolute atomic E-state index is 13.3. The van der Waals surface area contributed by atoms with Crippen molar-refractivity contribution in [1.29, 1.82) is 0 Å². The van der Waals surface area contributed by atoms with E-state index < -0.39 is 0 Å². The quantitative estimate of drug-likeness (QED) is 0.932. The van der Waals surface area contributed by atoms with Crippen LogP contribution >= 0.6 is 0 Å². The summed E-state index contributed by atoms with van der Waals surface area (Å²) in [5, 5.41) is 4.18. The molecule has 2 aliphatic rings. The molecular formula is C16H18FNO2. The number of fused-ring (bicyclic) bond motifs is 3. The van der Waals surface area contributed by atoms with Gasteiger partial charge in [0.05, 0.1) is 18.2 Å². The molecule has 4 rings (SSSR count). The molecule has 4 heteroatoms. The van der Waals surface area contributed by atoms with Gasteiger partial charge in [-0.1, -0.05) is 0 Å². The van der Waals surface area contributed by atoms with E-state index >= 15 is 0 Å². The van der Waals surface area contributed by atoms with Crippen molar-refractivity contribution in [3.05, 3.63) is 35.8 Å². The Morgan fingerprint density at radius 3 is 2.90 bits per heavy atom. The minimum Gasteiger partial charge on any atom is -0.459 e. The highest BCUT2D eigenvalue weighted by Crippen LogP contribution is 2.45. The Hall–Kier alpha value is -1.39. The SMILES string of the molecule is CNC(c1cc2cc(F)ccc2o1)C1CC2CCC1O2. The van der Waals surface area contributed by atoms with Crippen LogP contribution in [0.15, 0.2) is 28.7 Å². The summed E-state index contributed by atoms with van der Waals surface area (Å²) in [6, 6.07) is 6.74. The molecule has 0 aliphatic carbocycles. The van der Waals surface area contributed by atoms with Crippen LogP contribution in [0.5, 0.6) is 0 Å². The molecule has 4 unspecified atom stereocenters. The summed E-state index contributed by atoms with van der Waals surface area (Å²) in [4.78, 5) is 0. The first-order valence-electron chi connectivity index (χ1n) is 7.26. The summed E-state index contributed by atoms with van der Waals surface area (Å²) < 4.78 is 25.1. The molecule has 106 valence electrons. The van der Waals surface area contributed by atoms with Gasteiger partial charge in [0, 0.05) is 11.3 Å². The molecule has 2 fully saturated rings. The van der Waals surface area contributed by atoms with Crippen LogP contribution in [0.3, 0.4) is 0 Å². The van der Waals surface area contributed by atoms with Gasteiger partial charge in [-0.15, -0.1) is 0 Å². The molecule has 2 saturated heterocycles. The second-order valence-electron chi connectivity index (χ2n) is 5.87. The van der Waals surface area contributed by atoms with Crippen molar-refractivity contribution in [3.8, 4) is 0 Å². The van der Waals surface area contributed by atoms with Crippen LogP contribution in [0, 0.1) is 11.7 Å². The molecule has 0 amide bonds. The fourth-order valence-corrected chi connectivity index (χ4v) is 3.78. The molecule has 0 radical (unpaired) electrons. The average molecular weight is 275 g/mol. The van der Waals surface area contributed by atoms with Crippen molar-refractivity contribution in [1.82, 2.24) is 5.32 Å². The number of hydrogen-bond acceptors (Lipinski definition) is 3. The lowest BCUT2D eigenvalue weighted by atomic mass is 9.83. The van der Waals surface area contributed by atoms with Crippen LogP contribution in [0.1, 0.15) is 31.1 Å². The van der Waals surface area contributed by atoms with Crippen molar-refractivity contribution in [2.24, 2.45) is 5.92 Å². The normalized spacial score (nSPS) is 30.2. The maximum Gasteiger partial charge on any atom is 0.134 e. The van der Waals surface area contributed by atoms with Crippen LogP contribution in [0.25, 0.3) is 11.0 Å². The third-order valence-corrected chi connectivity index (χ3v) is 4.70. The number of rotatable bonds is 3. The fourth-order valence-electron chi connectivity index (χ4n) is 3.78. The number of halogens is 1. The van der Waals surface area contributed by atoms with Gasteiger partial charge in [0.25, 0.3) is 0 Å². The Balaban J connectivity index is 1.69. The van der Waals surface area contributed by atoms with Crippen LogP contribution in [-0.4, -0.2) is 19.3 Å². The van der Waals surface area contributed by atoms with Gasteiger partial charge >= 0.3 is 0 Å². The second kappa shape index (κ2) is 4.57. The molecule has 1 aromatic heterocycles. The van der Waals surface area contributed by atoms with Gasteiger partial charge in [0.1, 0.15) is 17.2 Å². The van der Waals surface area contributed by atoms with Gasteiger partial charge in [0.2, 0.25) is 0 Å². The number of nitrogens with one attached hydrogen (secondary N) is 1. The Kier molecular flexibility index (Phi) is 2.82. The van der Waals surface area contributed by atoms with E-state index in [1.807, 2.05) is 13.1 Å². The van der Waals surface area contributed by atoms with E-state index in [0.717, 1.165) is 29.6 Å². The lowest BCUT2D eigenvalue weighted by Crippen LogP contribution is -2.31. The summed E-state index contributed by atoms with van der Waals surface area (Å²) in [6.45, 7) is 0. The number of furan rings is 1. The maximum atomic E-state index is 13.3. The summed E-state index contributed by atoms with van der Waals surface area (Å²) in [6.07, 6.45) is 4.16. The highest BCUT2D eigenvalue weighted by atomic mass is 19.1. The summed E-state index contributed by atoms with van der Waals surface area (Å²) >= 11 is 0. The predicted molar refractivity (Wildman–Crippen MR) is 74.0 cm³/mol. The van der Waals surface area contributed by atoms with Gasteiger partial charge in [-0.2, -0.15) is 0 Å². The number of ether oxygens (including phenoxy) is 1. The summed E-state index contributed by atoms with van der Waals surface area (Å²) in [5.41, 5.74) is 0.741. The average Bonchev–Trinajstić information content (AvgIpc) is 3.13. The lowest BCUT2D eigenvalue weighted by molar-refractivity contribution is 0.0846. The zero-order valence-corrected chi connectivity index (χ0v) is 11.4. The predicted octanol–water partition coefficient (Wildman–Crippen LogP) is 3.40. The first kappa shape index (κ1) is 12.4. The first-order chi connectivity index (χ1) is 9.74. The number of benzene rings is 1.